The highest BCUT2D eigenvalue weighted by molar-refractivity contribution is 7.21. The number of benzene rings is 3. The zero-order valence-corrected chi connectivity index (χ0v) is 16.6. The summed E-state index contributed by atoms with van der Waals surface area (Å²) in [5, 5.41) is 7.53. The molecular formula is C22H17ClN2O2S. The average Bonchev–Trinajstić information content (AvgIpc) is 3.06. The number of carbonyl (C=O) groups excluding carboxylic acids is 1. The number of halogens is 1. The summed E-state index contributed by atoms with van der Waals surface area (Å²) in [5.74, 6) is 0.507. The van der Waals surface area contributed by atoms with Crippen LogP contribution in [0.5, 0.6) is 5.75 Å². The Kier molecular flexibility index (Phi) is 5.19. The second-order valence-electron chi connectivity index (χ2n) is 6.13. The van der Waals surface area contributed by atoms with Crippen LogP contribution in [0.15, 0.2) is 72.8 Å². The Hall–Kier alpha value is -3.02. The largest absolute Gasteiger partial charge is 0.497 e. The Balaban J connectivity index is 1.50. The van der Waals surface area contributed by atoms with Gasteiger partial charge in [-0.25, -0.2) is 0 Å². The molecule has 0 atom stereocenters. The number of thiophene rings is 1. The van der Waals surface area contributed by atoms with E-state index >= 15 is 0 Å². The minimum Gasteiger partial charge on any atom is -0.497 e. The van der Waals surface area contributed by atoms with Crippen molar-refractivity contribution in [3.8, 4) is 5.75 Å². The first kappa shape index (κ1) is 18.3. The molecule has 28 heavy (non-hydrogen) atoms. The number of hydrogen-bond acceptors (Lipinski definition) is 4. The van der Waals surface area contributed by atoms with Crippen LogP contribution in [0.3, 0.4) is 0 Å². The molecule has 4 rings (SSSR count). The summed E-state index contributed by atoms with van der Waals surface area (Å²) in [6.45, 7) is 0. The van der Waals surface area contributed by atoms with Crippen molar-refractivity contribution in [2.45, 2.75) is 0 Å². The first-order valence-corrected chi connectivity index (χ1v) is 9.83. The van der Waals surface area contributed by atoms with Crippen LogP contribution in [0.25, 0.3) is 10.1 Å². The van der Waals surface area contributed by atoms with Gasteiger partial charge in [-0.3, -0.25) is 4.79 Å². The minimum atomic E-state index is -0.228. The van der Waals surface area contributed by atoms with E-state index in [1.807, 2.05) is 72.8 Å². The van der Waals surface area contributed by atoms with Crippen molar-refractivity contribution in [3.63, 3.8) is 0 Å². The molecule has 0 saturated carbocycles. The topological polar surface area (TPSA) is 50.4 Å². The Bertz CT molecular complexity index is 1120. The van der Waals surface area contributed by atoms with Crippen LogP contribution in [0.2, 0.25) is 5.02 Å². The lowest BCUT2D eigenvalue weighted by molar-refractivity contribution is 0.103. The van der Waals surface area contributed by atoms with Gasteiger partial charge in [-0.15, -0.1) is 11.3 Å². The Labute approximate surface area is 171 Å². The van der Waals surface area contributed by atoms with Gasteiger partial charge in [0.2, 0.25) is 0 Å². The van der Waals surface area contributed by atoms with Gasteiger partial charge in [0.25, 0.3) is 5.91 Å². The number of amides is 1. The van der Waals surface area contributed by atoms with Gasteiger partial charge in [0.05, 0.1) is 12.1 Å². The zero-order chi connectivity index (χ0) is 19.5. The molecular weight excluding hydrogens is 392 g/mol. The second-order valence-corrected chi connectivity index (χ2v) is 7.56. The summed E-state index contributed by atoms with van der Waals surface area (Å²) in [5.41, 5.74) is 2.65. The maximum atomic E-state index is 12.7. The summed E-state index contributed by atoms with van der Waals surface area (Å²) < 4.78 is 6.15. The highest BCUT2D eigenvalue weighted by atomic mass is 35.5. The summed E-state index contributed by atoms with van der Waals surface area (Å²) in [4.78, 5) is 13.2. The second kappa shape index (κ2) is 7.92. The van der Waals surface area contributed by atoms with Gasteiger partial charge in [-0.05, 0) is 54.6 Å². The first-order chi connectivity index (χ1) is 13.6. The Morgan fingerprint density at radius 3 is 2.32 bits per heavy atom. The number of ether oxygens (including phenoxy) is 1. The number of anilines is 3. The van der Waals surface area contributed by atoms with Crippen LogP contribution >= 0.6 is 22.9 Å². The molecule has 0 bridgehead atoms. The average molecular weight is 409 g/mol. The van der Waals surface area contributed by atoms with E-state index in [-0.39, 0.29) is 5.91 Å². The van der Waals surface area contributed by atoms with E-state index in [2.05, 4.69) is 10.6 Å². The number of carbonyl (C=O) groups is 1. The number of rotatable bonds is 5. The fourth-order valence-corrected chi connectivity index (χ4v) is 4.27. The highest BCUT2D eigenvalue weighted by Gasteiger charge is 2.17. The number of methoxy groups -OCH3 is 1. The summed E-state index contributed by atoms with van der Waals surface area (Å²) >= 11 is 7.78. The fraction of sp³-hybridized carbons (Fsp3) is 0.0455. The molecule has 0 aliphatic carbocycles. The molecule has 0 fully saturated rings. The predicted octanol–water partition coefficient (Wildman–Crippen LogP) is 6.56. The third-order valence-electron chi connectivity index (χ3n) is 4.25. The maximum absolute atomic E-state index is 12.7. The van der Waals surface area contributed by atoms with Gasteiger partial charge < -0.3 is 15.4 Å². The van der Waals surface area contributed by atoms with Gasteiger partial charge in [-0.2, -0.15) is 0 Å². The van der Waals surface area contributed by atoms with Crippen LogP contribution in [-0.4, -0.2) is 13.0 Å². The van der Waals surface area contributed by atoms with Crippen molar-refractivity contribution in [2.75, 3.05) is 17.7 Å². The molecule has 2 N–H and O–H groups in total. The van der Waals surface area contributed by atoms with Crippen LogP contribution in [0.1, 0.15) is 9.67 Å². The molecule has 0 aliphatic heterocycles. The predicted molar refractivity (Wildman–Crippen MR) is 118 cm³/mol. The van der Waals surface area contributed by atoms with Crippen molar-refractivity contribution in [2.24, 2.45) is 0 Å². The number of nitrogens with one attached hydrogen (secondary N) is 2. The highest BCUT2D eigenvalue weighted by Crippen LogP contribution is 2.37. The van der Waals surface area contributed by atoms with Crippen LogP contribution in [0.4, 0.5) is 17.1 Å². The van der Waals surface area contributed by atoms with Crippen molar-refractivity contribution in [3.05, 3.63) is 82.7 Å². The number of fused-ring (bicyclic) bond motifs is 1. The number of hydrogen-bond donors (Lipinski definition) is 2. The van der Waals surface area contributed by atoms with E-state index in [9.17, 15) is 4.79 Å². The van der Waals surface area contributed by atoms with Crippen molar-refractivity contribution in [1.29, 1.82) is 0 Å². The van der Waals surface area contributed by atoms with E-state index in [0.717, 1.165) is 27.2 Å². The van der Waals surface area contributed by atoms with E-state index < -0.39 is 0 Å². The molecule has 1 amide bonds. The van der Waals surface area contributed by atoms with Crippen molar-refractivity contribution < 1.29 is 9.53 Å². The third kappa shape index (κ3) is 3.81. The Morgan fingerprint density at radius 1 is 0.929 bits per heavy atom. The quantitative estimate of drug-likeness (QED) is 0.393. The standard InChI is InChI=1S/C22H17ClN2O2S/c1-27-17-11-12-18-19(13-17)28-21(20(18)23)22(26)25-16-9-7-15(8-10-16)24-14-5-3-2-4-6-14/h2-13,24H,1H3,(H,25,26). The van der Waals surface area contributed by atoms with Gasteiger partial charge in [0.15, 0.2) is 0 Å². The molecule has 1 heterocycles. The third-order valence-corrected chi connectivity index (χ3v) is 5.90. The Morgan fingerprint density at radius 2 is 1.61 bits per heavy atom. The smallest absolute Gasteiger partial charge is 0.267 e. The van der Waals surface area contributed by atoms with Gasteiger partial charge >= 0.3 is 0 Å². The van der Waals surface area contributed by atoms with Crippen LogP contribution in [0, 0.1) is 0 Å². The molecule has 1 aromatic heterocycles. The monoisotopic (exact) mass is 408 g/mol. The van der Waals surface area contributed by atoms with Gasteiger partial charge in [0.1, 0.15) is 10.6 Å². The SMILES string of the molecule is COc1ccc2c(Cl)c(C(=O)Nc3ccc(Nc4ccccc4)cc3)sc2c1. The molecule has 4 aromatic rings. The summed E-state index contributed by atoms with van der Waals surface area (Å²) in [6, 6.07) is 23.0. The fourth-order valence-electron chi connectivity index (χ4n) is 2.83. The van der Waals surface area contributed by atoms with E-state index in [1.54, 1.807) is 7.11 Å². The molecule has 0 saturated heterocycles. The lowest BCUT2D eigenvalue weighted by Gasteiger charge is -2.08. The zero-order valence-electron chi connectivity index (χ0n) is 15.0. The maximum Gasteiger partial charge on any atom is 0.267 e. The molecule has 6 heteroatoms. The molecule has 0 unspecified atom stereocenters. The summed E-state index contributed by atoms with van der Waals surface area (Å²) in [6.07, 6.45) is 0. The van der Waals surface area contributed by atoms with Crippen molar-refractivity contribution in [1.82, 2.24) is 0 Å². The molecule has 0 radical (unpaired) electrons. The lowest BCUT2D eigenvalue weighted by Crippen LogP contribution is -2.10. The minimum absolute atomic E-state index is 0.228. The molecule has 0 aliphatic rings. The molecule has 3 aromatic carbocycles. The van der Waals surface area contributed by atoms with E-state index in [1.165, 1.54) is 11.3 Å². The van der Waals surface area contributed by atoms with Crippen LogP contribution < -0.4 is 15.4 Å². The summed E-state index contributed by atoms with van der Waals surface area (Å²) in [7, 11) is 1.61. The van der Waals surface area contributed by atoms with Gasteiger partial charge in [0, 0.05) is 27.1 Å². The van der Waals surface area contributed by atoms with Crippen LogP contribution in [-0.2, 0) is 0 Å². The molecule has 4 nitrogen and oxygen atoms in total. The first-order valence-electron chi connectivity index (χ1n) is 8.63. The molecule has 140 valence electrons. The number of para-hydroxylation sites is 1. The normalized spacial score (nSPS) is 10.6. The van der Waals surface area contributed by atoms with Crippen molar-refractivity contribution >= 4 is 56.0 Å². The van der Waals surface area contributed by atoms with E-state index in [0.29, 0.717) is 15.6 Å². The van der Waals surface area contributed by atoms with E-state index in [4.69, 9.17) is 16.3 Å². The molecule has 0 spiro atoms. The van der Waals surface area contributed by atoms with Gasteiger partial charge in [-0.1, -0.05) is 29.8 Å². The lowest BCUT2D eigenvalue weighted by atomic mass is 10.2.